The maximum absolute atomic E-state index is 11.6. The number of hydrogen-bond donors (Lipinski definition) is 2. The van der Waals surface area contributed by atoms with Gasteiger partial charge in [0.05, 0.1) is 6.54 Å². The lowest BCUT2D eigenvalue weighted by Crippen LogP contribution is -2.51. The molecule has 2 N–H and O–H groups in total. The van der Waals surface area contributed by atoms with Crippen LogP contribution in [0, 0.1) is 0 Å². The zero-order valence-electron chi connectivity index (χ0n) is 15.4. The van der Waals surface area contributed by atoms with Gasteiger partial charge in [-0.15, -0.1) is 24.0 Å². The minimum absolute atomic E-state index is 0. The van der Waals surface area contributed by atoms with Gasteiger partial charge in [0.25, 0.3) is 0 Å². The molecule has 2 fully saturated rings. The number of carbonyl (C=O) groups is 1. The molecule has 1 saturated heterocycles. The summed E-state index contributed by atoms with van der Waals surface area (Å²) in [4.78, 5) is 20.5. The summed E-state index contributed by atoms with van der Waals surface area (Å²) in [6.07, 6.45) is 6.92. The predicted molar refractivity (Wildman–Crippen MR) is 110 cm³/mol. The van der Waals surface area contributed by atoms with E-state index in [1.165, 1.54) is 25.7 Å². The molecule has 140 valence electrons. The highest BCUT2D eigenvalue weighted by atomic mass is 127. The number of halogens is 1. The van der Waals surface area contributed by atoms with Gasteiger partial charge in [-0.25, -0.2) is 0 Å². The molecule has 0 spiro atoms. The second-order valence-corrected chi connectivity index (χ2v) is 6.83. The number of carbonyl (C=O) groups excluding carboxylic acids is 1. The molecule has 2 aliphatic rings. The van der Waals surface area contributed by atoms with Crippen molar-refractivity contribution in [3.63, 3.8) is 0 Å². The van der Waals surface area contributed by atoms with Crippen molar-refractivity contribution in [2.24, 2.45) is 4.99 Å². The Kier molecular flexibility index (Phi) is 9.95. The van der Waals surface area contributed by atoms with E-state index >= 15 is 0 Å². The van der Waals surface area contributed by atoms with Gasteiger partial charge in [-0.3, -0.25) is 9.79 Å². The smallest absolute Gasteiger partial charge is 0.222 e. The van der Waals surface area contributed by atoms with Gasteiger partial charge >= 0.3 is 0 Å². The fraction of sp³-hybridized carbons (Fsp3) is 0.882. The quantitative estimate of drug-likeness (QED) is 0.367. The topological polar surface area (TPSA) is 60.0 Å². The van der Waals surface area contributed by atoms with Gasteiger partial charge in [0.15, 0.2) is 5.96 Å². The monoisotopic (exact) mass is 451 g/mol. The van der Waals surface area contributed by atoms with Gasteiger partial charge in [0.1, 0.15) is 0 Å². The first kappa shape index (κ1) is 21.5. The largest absolute Gasteiger partial charge is 0.357 e. The van der Waals surface area contributed by atoms with Gasteiger partial charge in [0, 0.05) is 45.2 Å². The molecule has 1 unspecified atom stereocenters. The molecule has 6 nitrogen and oxygen atoms in total. The number of aliphatic imine (C=N–C) groups is 1. The molecule has 0 aromatic rings. The molecule has 0 aromatic carbocycles. The normalized spacial score (nSPS) is 22.7. The Hall–Kier alpha value is -0.570. The second kappa shape index (κ2) is 11.1. The SMILES string of the molecule is CCNC(=NCCN(C)C1CCCC1)NC1CCC(=O)N(C)C1.I. The Bertz CT molecular complexity index is 412. The van der Waals surface area contributed by atoms with E-state index in [0.29, 0.717) is 12.5 Å². The van der Waals surface area contributed by atoms with Gasteiger partial charge in [-0.05, 0) is 33.2 Å². The summed E-state index contributed by atoms with van der Waals surface area (Å²) in [5.41, 5.74) is 0. The summed E-state index contributed by atoms with van der Waals surface area (Å²) in [5.74, 6) is 1.11. The fourth-order valence-corrected chi connectivity index (χ4v) is 3.49. The molecular formula is C17H34IN5O. The van der Waals surface area contributed by atoms with Gasteiger partial charge < -0.3 is 20.4 Å². The summed E-state index contributed by atoms with van der Waals surface area (Å²) in [6.45, 7) is 5.50. The number of nitrogens with one attached hydrogen (secondary N) is 2. The highest BCUT2D eigenvalue weighted by Crippen LogP contribution is 2.21. The van der Waals surface area contributed by atoms with Crippen LogP contribution in [-0.4, -0.2) is 74.0 Å². The molecule has 0 bridgehead atoms. The van der Waals surface area contributed by atoms with Crippen LogP contribution in [0.15, 0.2) is 4.99 Å². The maximum atomic E-state index is 11.6. The molecule has 0 radical (unpaired) electrons. The predicted octanol–water partition coefficient (Wildman–Crippen LogP) is 1.65. The van der Waals surface area contributed by atoms with Gasteiger partial charge in [-0.2, -0.15) is 0 Å². The second-order valence-electron chi connectivity index (χ2n) is 6.83. The summed E-state index contributed by atoms with van der Waals surface area (Å²) in [6, 6.07) is 1.04. The van der Waals surface area contributed by atoms with Crippen molar-refractivity contribution in [2.45, 2.75) is 57.5 Å². The average Bonchev–Trinajstić information content (AvgIpc) is 3.05. The molecule has 1 atom stereocenters. The van der Waals surface area contributed by atoms with Crippen LogP contribution in [0.5, 0.6) is 0 Å². The Morgan fingerprint density at radius 2 is 2.04 bits per heavy atom. The molecule has 1 aliphatic carbocycles. The van der Waals surface area contributed by atoms with E-state index in [2.05, 4.69) is 29.5 Å². The van der Waals surface area contributed by atoms with Crippen molar-refractivity contribution < 1.29 is 4.79 Å². The number of guanidine groups is 1. The molecular weight excluding hydrogens is 417 g/mol. The standard InChI is InChI=1S/C17H33N5O.HI/c1-4-18-17(20-14-9-10-16(23)22(3)13-14)19-11-12-21(2)15-7-5-6-8-15;/h14-15H,4-13H2,1-3H3,(H2,18,19,20);1H. The summed E-state index contributed by atoms with van der Waals surface area (Å²) < 4.78 is 0. The van der Waals surface area contributed by atoms with Crippen molar-refractivity contribution in [1.29, 1.82) is 0 Å². The maximum Gasteiger partial charge on any atom is 0.222 e. The van der Waals surface area contributed by atoms with E-state index < -0.39 is 0 Å². The summed E-state index contributed by atoms with van der Waals surface area (Å²) in [7, 11) is 4.09. The fourth-order valence-electron chi connectivity index (χ4n) is 3.49. The third-order valence-corrected chi connectivity index (χ3v) is 4.98. The highest BCUT2D eigenvalue weighted by molar-refractivity contribution is 14.0. The third kappa shape index (κ3) is 6.74. The van der Waals surface area contributed by atoms with E-state index in [0.717, 1.165) is 44.6 Å². The number of likely N-dealkylation sites (N-methyl/N-ethyl adjacent to an activating group) is 2. The molecule has 24 heavy (non-hydrogen) atoms. The molecule has 1 saturated carbocycles. The zero-order valence-corrected chi connectivity index (χ0v) is 17.7. The Labute approximate surface area is 163 Å². The number of nitrogens with zero attached hydrogens (tertiary/aromatic N) is 3. The van der Waals surface area contributed by atoms with Gasteiger partial charge in [0.2, 0.25) is 5.91 Å². The van der Waals surface area contributed by atoms with Crippen LogP contribution in [0.4, 0.5) is 0 Å². The molecule has 1 amide bonds. The van der Waals surface area contributed by atoms with Gasteiger partial charge in [-0.1, -0.05) is 12.8 Å². The first-order chi connectivity index (χ1) is 11.1. The first-order valence-electron chi connectivity index (χ1n) is 9.09. The van der Waals surface area contributed by atoms with E-state index in [-0.39, 0.29) is 29.9 Å². The number of hydrogen-bond acceptors (Lipinski definition) is 3. The van der Waals surface area contributed by atoms with Crippen LogP contribution in [0.2, 0.25) is 0 Å². The summed E-state index contributed by atoms with van der Waals surface area (Å²) >= 11 is 0. The third-order valence-electron chi connectivity index (χ3n) is 4.98. The highest BCUT2D eigenvalue weighted by Gasteiger charge is 2.23. The Morgan fingerprint density at radius 3 is 2.67 bits per heavy atom. The molecule has 1 heterocycles. The van der Waals surface area contributed by atoms with Crippen molar-refractivity contribution in [2.75, 3.05) is 40.3 Å². The lowest BCUT2D eigenvalue weighted by molar-refractivity contribution is -0.132. The Morgan fingerprint density at radius 1 is 1.33 bits per heavy atom. The van der Waals surface area contributed by atoms with E-state index in [9.17, 15) is 4.79 Å². The van der Waals surface area contributed by atoms with Crippen LogP contribution < -0.4 is 10.6 Å². The Balaban J connectivity index is 0.00000288. The number of amides is 1. The van der Waals surface area contributed by atoms with Crippen molar-refractivity contribution >= 4 is 35.8 Å². The van der Waals surface area contributed by atoms with E-state index in [1.54, 1.807) is 4.90 Å². The van der Waals surface area contributed by atoms with Crippen molar-refractivity contribution in [3.05, 3.63) is 0 Å². The van der Waals surface area contributed by atoms with Crippen molar-refractivity contribution in [3.8, 4) is 0 Å². The van der Waals surface area contributed by atoms with Crippen LogP contribution in [0.25, 0.3) is 0 Å². The van der Waals surface area contributed by atoms with Crippen LogP contribution in [0.3, 0.4) is 0 Å². The molecule has 1 aliphatic heterocycles. The molecule has 0 aromatic heterocycles. The summed E-state index contributed by atoms with van der Waals surface area (Å²) in [5, 5.41) is 6.79. The van der Waals surface area contributed by atoms with E-state index in [1.807, 2.05) is 7.05 Å². The first-order valence-corrected chi connectivity index (χ1v) is 9.09. The number of rotatable bonds is 6. The van der Waals surface area contributed by atoms with Crippen molar-refractivity contribution in [1.82, 2.24) is 20.4 Å². The minimum Gasteiger partial charge on any atom is -0.357 e. The average molecular weight is 451 g/mol. The number of piperidine rings is 1. The van der Waals surface area contributed by atoms with Crippen LogP contribution in [0.1, 0.15) is 45.4 Å². The van der Waals surface area contributed by atoms with Crippen LogP contribution >= 0.6 is 24.0 Å². The minimum atomic E-state index is 0. The molecule has 2 rings (SSSR count). The van der Waals surface area contributed by atoms with E-state index in [4.69, 9.17) is 4.99 Å². The lowest BCUT2D eigenvalue weighted by Gasteiger charge is -2.31. The van der Waals surface area contributed by atoms with Crippen LogP contribution in [-0.2, 0) is 4.79 Å². The lowest BCUT2D eigenvalue weighted by atomic mass is 10.1. The zero-order chi connectivity index (χ0) is 16.7. The number of likely N-dealkylation sites (tertiary alicyclic amines) is 1. The molecule has 7 heteroatoms.